The number of epoxide rings is 1. The molecule has 0 amide bonds. The molecule has 5 atom stereocenters. The Balaban J connectivity index is 2.25. The van der Waals surface area contributed by atoms with Crippen molar-refractivity contribution in [1.82, 2.24) is 0 Å². The highest BCUT2D eigenvalue weighted by atomic mass is 32.2. The largest absolute Gasteiger partial charge is 0.388 e. The summed E-state index contributed by atoms with van der Waals surface area (Å²) in [5.74, 6) is 0.365. The molecule has 1 aliphatic carbocycles. The highest BCUT2D eigenvalue weighted by molar-refractivity contribution is 7.98. The number of allylic oxidation sites excluding steroid dienone is 1. The van der Waals surface area contributed by atoms with E-state index >= 15 is 0 Å². The molecule has 2 fully saturated rings. The van der Waals surface area contributed by atoms with E-state index < -0.39 is 17.3 Å². The van der Waals surface area contributed by atoms with Gasteiger partial charge in [-0.2, -0.15) is 11.8 Å². The molecule has 4 nitrogen and oxygen atoms in total. The number of carbonyl (C=O) groups excluding carboxylic acids is 1. The molecule has 22 heavy (non-hydrogen) atoms. The third kappa shape index (κ3) is 3.28. The Hall–Kier alpha value is -0.360. The molecule has 1 saturated carbocycles. The lowest BCUT2D eigenvalue weighted by Crippen LogP contribution is -2.59. The van der Waals surface area contributed by atoms with Gasteiger partial charge in [-0.25, -0.2) is 0 Å². The molecule has 0 aromatic heterocycles. The number of thioether (sulfide) groups is 1. The zero-order valence-corrected chi connectivity index (χ0v) is 15.0. The van der Waals surface area contributed by atoms with Crippen molar-refractivity contribution in [3.05, 3.63) is 11.6 Å². The first-order valence-corrected chi connectivity index (χ1v) is 9.26. The maximum absolute atomic E-state index is 12.3. The highest BCUT2D eigenvalue weighted by Crippen LogP contribution is 2.54. The quantitative estimate of drug-likeness (QED) is 0.600. The van der Waals surface area contributed by atoms with Crippen LogP contribution in [0.15, 0.2) is 11.6 Å². The van der Waals surface area contributed by atoms with Crippen molar-refractivity contribution in [2.24, 2.45) is 5.92 Å². The normalized spacial score (nSPS) is 41.4. The first-order chi connectivity index (χ1) is 10.3. The summed E-state index contributed by atoms with van der Waals surface area (Å²) in [6.45, 7) is 6.13. The highest BCUT2D eigenvalue weighted by Gasteiger charge is 2.67. The van der Waals surface area contributed by atoms with Crippen LogP contribution in [0.2, 0.25) is 0 Å². The number of rotatable bonds is 6. The first-order valence-electron chi connectivity index (χ1n) is 7.86. The predicted molar refractivity (Wildman–Crippen MR) is 89.2 cm³/mol. The predicted octanol–water partition coefficient (Wildman–Crippen LogP) is 2.59. The minimum absolute atomic E-state index is 0.0457. The molecule has 2 aliphatic rings. The molecular formula is C17H28O4S. The van der Waals surface area contributed by atoms with Crippen LogP contribution in [0.3, 0.4) is 0 Å². The number of carbonyl (C=O) groups is 1. The van der Waals surface area contributed by atoms with Gasteiger partial charge in [-0.3, -0.25) is 4.79 Å². The van der Waals surface area contributed by atoms with Gasteiger partial charge in [0.25, 0.3) is 0 Å². The fraction of sp³-hybridized carbons (Fsp3) is 0.824. The van der Waals surface area contributed by atoms with Crippen molar-refractivity contribution < 1.29 is 19.4 Å². The average molecular weight is 328 g/mol. The molecule has 5 heteroatoms. The summed E-state index contributed by atoms with van der Waals surface area (Å²) in [6, 6.07) is 0. The third-order valence-corrected chi connectivity index (χ3v) is 5.78. The fourth-order valence-corrected chi connectivity index (χ4v) is 4.61. The van der Waals surface area contributed by atoms with Crippen LogP contribution in [0.5, 0.6) is 0 Å². The van der Waals surface area contributed by atoms with Crippen LogP contribution in [-0.4, -0.2) is 53.4 Å². The summed E-state index contributed by atoms with van der Waals surface area (Å²) in [6.07, 6.45) is 5.28. The van der Waals surface area contributed by atoms with E-state index in [0.717, 1.165) is 6.42 Å². The van der Waals surface area contributed by atoms with E-state index in [1.807, 2.05) is 13.2 Å². The second-order valence-electron chi connectivity index (χ2n) is 6.94. The lowest BCUT2D eigenvalue weighted by molar-refractivity contribution is -0.159. The molecule has 1 saturated heterocycles. The van der Waals surface area contributed by atoms with E-state index in [1.54, 1.807) is 18.9 Å². The molecule has 0 bridgehead atoms. The van der Waals surface area contributed by atoms with Gasteiger partial charge >= 0.3 is 0 Å². The Bertz CT molecular complexity index is 460. The number of hydrogen-bond donors (Lipinski definition) is 1. The SMILES string of the molecule is COC1C(=O)CCC(O)(CSC)C1C1(C)OC1CC=C(C)C. The van der Waals surface area contributed by atoms with E-state index in [1.165, 1.54) is 5.57 Å². The Morgan fingerprint density at radius 1 is 1.55 bits per heavy atom. The van der Waals surface area contributed by atoms with Crippen LogP contribution in [0, 0.1) is 5.92 Å². The number of aliphatic hydroxyl groups is 1. The fourth-order valence-electron chi connectivity index (χ4n) is 3.79. The van der Waals surface area contributed by atoms with Crippen LogP contribution < -0.4 is 0 Å². The number of ether oxygens (including phenoxy) is 2. The van der Waals surface area contributed by atoms with Gasteiger partial charge in [-0.05, 0) is 39.9 Å². The van der Waals surface area contributed by atoms with E-state index in [4.69, 9.17) is 9.47 Å². The average Bonchev–Trinajstić information content (AvgIpc) is 3.10. The molecular weight excluding hydrogens is 300 g/mol. The lowest BCUT2D eigenvalue weighted by Gasteiger charge is -2.45. The van der Waals surface area contributed by atoms with Crippen molar-refractivity contribution in [3.8, 4) is 0 Å². The monoisotopic (exact) mass is 328 g/mol. The van der Waals surface area contributed by atoms with Gasteiger partial charge in [0.2, 0.25) is 0 Å². The Morgan fingerprint density at radius 2 is 2.23 bits per heavy atom. The van der Waals surface area contributed by atoms with Crippen LogP contribution >= 0.6 is 11.8 Å². The molecule has 5 unspecified atom stereocenters. The molecule has 126 valence electrons. The first kappa shape index (κ1) is 18.0. The standard InChI is InChI=1S/C17H28O4S/c1-11(2)6-7-13-16(3,21-13)15-14(20-4)12(18)8-9-17(15,19)10-22-5/h6,13-15,19H,7-10H2,1-5H3. The number of hydrogen-bond acceptors (Lipinski definition) is 5. The van der Waals surface area contributed by atoms with Crippen LogP contribution in [0.25, 0.3) is 0 Å². The molecule has 0 aromatic rings. The molecule has 0 aromatic carbocycles. The van der Waals surface area contributed by atoms with Gasteiger partial charge in [0.1, 0.15) is 11.7 Å². The molecule has 2 rings (SSSR count). The second kappa shape index (κ2) is 6.63. The summed E-state index contributed by atoms with van der Waals surface area (Å²) in [4.78, 5) is 12.3. The molecule has 1 N–H and O–H groups in total. The van der Waals surface area contributed by atoms with E-state index in [-0.39, 0.29) is 17.8 Å². The minimum atomic E-state index is -0.914. The molecule has 1 heterocycles. The minimum Gasteiger partial charge on any atom is -0.388 e. The van der Waals surface area contributed by atoms with Crippen LogP contribution in [0.4, 0.5) is 0 Å². The Morgan fingerprint density at radius 3 is 2.77 bits per heavy atom. The third-order valence-electron chi connectivity index (χ3n) is 4.99. The van der Waals surface area contributed by atoms with Crippen molar-refractivity contribution in [2.45, 2.75) is 63.4 Å². The van der Waals surface area contributed by atoms with Gasteiger partial charge in [0, 0.05) is 19.3 Å². The van der Waals surface area contributed by atoms with Crippen molar-refractivity contribution in [1.29, 1.82) is 0 Å². The van der Waals surface area contributed by atoms with Crippen LogP contribution in [0.1, 0.15) is 40.0 Å². The summed E-state index contributed by atoms with van der Waals surface area (Å²) >= 11 is 1.60. The van der Waals surface area contributed by atoms with E-state index in [2.05, 4.69) is 19.9 Å². The summed E-state index contributed by atoms with van der Waals surface area (Å²) in [5, 5.41) is 11.2. The van der Waals surface area contributed by atoms with E-state index in [0.29, 0.717) is 18.6 Å². The number of Topliss-reactive ketones (excluding diaryl/α,β-unsaturated/α-hetero) is 1. The maximum atomic E-state index is 12.3. The van der Waals surface area contributed by atoms with Gasteiger partial charge in [0.15, 0.2) is 5.78 Å². The number of methoxy groups -OCH3 is 1. The summed E-state index contributed by atoms with van der Waals surface area (Å²) < 4.78 is 11.5. The zero-order valence-electron chi connectivity index (χ0n) is 14.2. The lowest BCUT2D eigenvalue weighted by atomic mass is 9.67. The van der Waals surface area contributed by atoms with Crippen LogP contribution in [-0.2, 0) is 14.3 Å². The molecule has 0 spiro atoms. The van der Waals surface area contributed by atoms with Gasteiger partial charge in [-0.1, -0.05) is 11.6 Å². The second-order valence-corrected chi connectivity index (χ2v) is 7.81. The summed E-state index contributed by atoms with van der Waals surface area (Å²) in [7, 11) is 1.55. The van der Waals surface area contributed by atoms with Gasteiger partial charge in [-0.15, -0.1) is 0 Å². The molecule has 0 radical (unpaired) electrons. The topological polar surface area (TPSA) is 59.1 Å². The van der Waals surface area contributed by atoms with Crippen molar-refractivity contribution in [3.63, 3.8) is 0 Å². The zero-order chi connectivity index (χ0) is 16.5. The Kier molecular flexibility index (Phi) is 5.42. The Labute approximate surface area is 137 Å². The number of ketones is 1. The summed E-state index contributed by atoms with van der Waals surface area (Å²) in [5.41, 5.74) is -0.157. The van der Waals surface area contributed by atoms with Crippen molar-refractivity contribution >= 4 is 17.5 Å². The maximum Gasteiger partial charge on any atom is 0.162 e. The van der Waals surface area contributed by atoms with Gasteiger partial charge in [0.05, 0.1) is 17.6 Å². The smallest absolute Gasteiger partial charge is 0.162 e. The van der Waals surface area contributed by atoms with E-state index in [9.17, 15) is 9.90 Å². The van der Waals surface area contributed by atoms with Crippen molar-refractivity contribution in [2.75, 3.05) is 19.1 Å². The van der Waals surface area contributed by atoms with Gasteiger partial charge < -0.3 is 14.6 Å². The molecule has 1 aliphatic heterocycles.